The molecule has 1 saturated heterocycles. The van der Waals surface area contributed by atoms with Crippen molar-refractivity contribution in [3.63, 3.8) is 0 Å². The largest absolute Gasteiger partial charge is 0.494 e. The molecule has 2 unspecified atom stereocenters. The van der Waals surface area contributed by atoms with Crippen molar-refractivity contribution >= 4 is 0 Å². The Labute approximate surface area is 129 Å². The van der Waals surface area contributed by atoms with E-state index in [2.05, 4.69) is 55.4 Å². The van der Waals surface area contributed by atoms with Gasteiger partial charge in [0, 0.05) is 12.1 Å². The number of benzene rings is 1. The quantitative estimate of drug-likeness (QED) is 0.830. The molecular formula is C18H30N2O. The molecule has 1 aliphatic rings. The van der Waals surface area contributed by atoms with Crippen LogP contribution in [0.1, 0.15) is 51.1 Å². The molecule has 1 aromatic rings. The van der Waals surface area contributed by atoms with Crippen molar-refractivity contribution in [1.29, 1.82) is 0 Å². The number of hydrogen-bond acceptors (Lipinski definition) is 3. The van der Waals surface area contributed by atoms with Crippen molar-refractivity contribution in [3.05, 3.63) is 29.8 Å². The minimum absolute atomic E-state index is 0.378. The van der Waals surface area contributed by atoms with Crippen molar-refractivity contribution < 1.29 is 4.74 Å². The van der Waals surface area contributed by atoms with E-state index >= 15 is 0 Å². The second-order valence-electron chi connectivity index (χ2n) is 6.12. The van der Waals surface area contributed by atoms with Crippen LogP contribution in [0.25, 0.3) is 0 Å². The van der Waals surface area contributed by atoms with Gasteiger partial charge >= 0.3 is 0 Å². The van der Waals surface area contributed by atoms with Crippen LogP contribution in [0.4, 0.5) is 0 Å². The summed E-state index contributed by atoms with van der Waals surface area (Å²) in [5, 5.41) is 3.44. The van der Waals surface area contributed by atoms with Crippen LogP contribution in [0.15, 0.2) is 24.3 Å². The van der Waals surface area contributed by atoms with E-state index in [1.165, 1.54) is 31.4 Å². The maximum atomic E-state index is 5.97. The highest BCUT2D eigenvalue weighted by Crippen LogP contribution is 2.21. The lowest BCUT2D eigenvalue weighted by atomic mass is 10.0. The first-order valence-electron chi connectivity index (χ1n) is 8.37. The van der Waals surface area contributed by atoms with Crippen LogP contribution < -0.4 is 10.1 Å². The lowest BCUT2D eigenvalue weighted by molar-refractivity contribution is 0.153. The molecule has 0 saturated carbocycles. The lowest BCUT2D eigenvalue weighted by Crippen LogP contribution is -2.37. The van der Waals surface area contributed by atoms with E-state index in [-0.39, 0.29) is 0 Å². The van der Waals surface area contributed by atoms with Gasteiger partial charge in [0.25, 0.3) is 0 Å². The Hall–Kier alpha value is -1.06. The molecule has 3 heteroatoms. The summed E-state index contributed by atoms with van der Waals surface area (Å²) in [6, 6.07) is 9.55. The van der Waals surface area contributed by atoms with E-state index < -0.39 is 0 Å². The molecule has 1 N–H and O–H groups in total. The molecule has 3 nitrogen and oxygen atoms in total. The van der Waals surface area contributed by atoms with Gasteiger partial charge in [0.05, 0.1) is 6.61 Å². The fourth-order valence-electron chi connectivity index (χ4n) is 3.12. The van der Waals surface area contributed by atoms with Gasteiger partial charge < -0.3 is 15.0 Å². The topological polar surface area (TPSA) is 24.5 Å². The minimum Gasteiger partial charge on any atom is -0.494 e. The summed E-state index contributed by atoms with van der Waals surface area (Å²) < 4.78 is 5.97. The fourth-order valence-corrected chi connectivity index (χ4v) is 3.12. The average molecular weight is 290 g/mol. The van der Waals surface area contributed by atoms with Gasteiger partial charge in [0.15, 0.2) is 0 Å². The van der Waals surface area contributed by atoms with Gasteiger partial charge in [-0.05, 0) is 64.0 Å². The SMILES string of the molecule is CCNC(C)c1cccc(OCCC2CCCCN2C)c1. The van der Waals surface area contributed by atoms with Crippen molar-refractivity contribution in [2.75, 3.05) is 26.7 Å². The van der Waals surface area contributed by atoms with Gasteiger partial charge in [-0.15, -0.1) is 0 Å². The number of piperidine rings is 1. The number of rotatable bonds is 7. The molecule has 0 aromatic heterocycles. The van der Waals surface area contributed by atoms with Gasteiger partial charge in [-0.1, -0.05) is 25.5 Å². The molecule has 2 rings (SSSR count). The van der Waals surface area contributed by atoms with E-state index in [4.69, 9.17) is 4.74 Å². The highest BCUT2D eigenvalue weighted by atomic mass is 16.5. The zero-order valence-corrected chi connectivity index (χ0v) is 13.8. The number of nitrogens with zero attached hydrogens (tertiary/aromatic N) is 1. The molecule has 0 amide bonds. The Kier molecular flexibility index (Phi) is 6.52. The third-order valence-corrected chi connectivity index (χ3v) is 4.51. The molecule has 0 aliphatic carbocycles. The number of likely N-dealkylation sites (tertiary alicyclic amines) is 1. The molecular weight excluding hydrogens is 260 g/mol. The molecule has 2 atom stereocenters. The standard InChI is InChI=1S/C18H30N2O/c1-4-19-15(2)16-8-7-10-18(14-16)21-13-11-17-9-5-6-12-20(17)3/h7-8,10,14-15,17,19H,4-6,9,11-13H2,1-3H3. The Morgan fingerprint density at radius 3 is 3.00 bits per heavy atom. The Bertz CT molecular complexity index is 421. The summed E-state index contributed by atoms with van der Waals surface area (Å²) >= 11 is 0. The molecule has 1 fully saturated rings. The average Bonchev–Trinajstić information content (AvgIpc) is 2.50. The summed E-state index contributed by atoms with van der Waals surface area (Å²) in [5.74, 6) is 0.996. The van der Waals surface area contributed by atoms with Crippen LogP contribution in [0.5, 0.6) is 5.75 Å². The van der Waals surface area contributed by atoms with Crippen molar-refractivity contribution in [2.24, 2.45) is 0 Å². The number of hydrogen-bond donors (Lipinski definition) is 1. The van der Waals surface area contributed by atoms with Crippen molar-refractivity contribution in [3.8, 4) is 5.75 Å². The van der Waals surface area contributed by atoms with Gasteiger partial charge in [-0.3, -0.25) is 0 Å². The summed E-state index contributed by atoms with van der Waals surface area (Å²) in [5.41, 5.74) is 1.30. The predicted molar refractivity (Wildman–Crippen MR) is 88.9 cm³/mol. The van der Waals surface area contributed by atoms with E-state index in [1.807, 2.05) is 0 Å². The Morgan fingerprint density at radius 2 is 2.24 bits per heavy atom. The van der Waals surface area contributed by atoms with Gasteiger partial charge in [-0.2, -0.15) is 0 Å². The first-order valence-corrected chi connectivity index (χ1v) is 8.37. The van der Waals surface area contributed by atoms with Crippen molar-refractivity contribution in [1.82, 2.24) is 10.2 Å². The zero-order chi connectivity index (χ0) is 15.1. The van der Waals surface area contributed by atoms with E-state index in [1.54, 1.807) is 0 Å². The maximum absolute atomic E-state index is 5.97. The Balaban J connectivity index is 1.81. The number of ether oxygens (including phenoxy) is 1. The first-order chi connectivity index (χ1) is 10.2. The summed E-state index contributed by atoms with van der Waals surface area (Å²) in [6.45, 7) is 7.37. The van der Waals surface area contributed by atoms with Crippen LogP contribution in [0.3, 0.4) is 0 Å². The molecule has 118 valence electrons. The fraction of sp³-hybridized carbons (Fsp3) is 0.667. The van der Waals surface area contributed by atoms with Crippen LogP contribution in [0.2, 0.25) is 0 Å². The second kappa shape index (κ2) is 8.40. The third kappa shape index (κ3) is 5.01. The molecule has 0 bridgehead atoms. The Morgan fingerprint density at radius 1 is 1.38 bits per heavy atom. The van der Waals surface area contributed by atoms with Crippen LogP contribution in [-0.4, -0.2) is 37.7 Å². The van der Waals surface area contributed by atoms with Gasteiger partial charge in [0.1, 0.15) is 5.75 Å². The maximum Gasteiger partial charge on any atom is 0.119 e. The highest BCUT2D eigenvalue weighted by molar-refractivity contribution is 5.30. The van der Waals surface area contributed by atoms with Crippen molar-refractivity contribution in [2.45, 2.75) is 51.6 Å². The smallest absolute Gasteiger partial charge is 0.119 e. The summed E-state index contributed by atoms with van der Waals surface area (Å²) in [6.07, 6.45) is 5.16. The van der Waals surface area contributed by atoms with Crippen LogP contribution in [0, 0.1) is 0 Å². The monoisotopic (exact) mass is 290 g/mol. The molecule has 21 heavy (non-hydrogen) atoms. The van der Waals surface area contributed by atoms with E-state index in [0.29, 0.717) is 12.1 Å². The second-order valence-corrected chi connectivity index (χ2v) is 6.12. The normalized spacial score (nSPS) is 21.2. The molecule has 0 radical (unpaired) electrons. The molecule has 0 spiro atoms. The highest BCUT2D eigenvalue weighted by Gasteiger charge is 2.18. The van der Waals surface area contributed by atoms with Crippen LogP contribution >= 0.6 is 0 Å². The first kappa shape index (κ1) is 16.3. The van der Waals surface area contributed by atoms with E-state index in [9.17, 15) is 0 Å². The van der Waals surface area contributed by atoms with Crippen LogP contribution in [-0.2, 0) is 0 Å². The molecule has 1 aromatic carbocycles. The minimum atomic E-state index is 0.378. The van der Waals surface area contributed by atoms with E-state index in [0.717, 1.165) is 25.3 Å². The van der Waals surface area contributed by atoms with Gasteiger partial charge in [0.2, 0.25) is 0 Å². The summed E-state index contributed by atoms with van der Waals surface area (Å²) in [4.78, 5) is 2.48. The number of nitrogens with one attached hydrogen (secondary N) is 1. The third-order valence-electron chi connectivity index (χ3n) is 4.51. The predicted octanol–water partition coefficient (Wildman–Crippen LogP) is 3.61. The van der Waals surface area contributed by atoms with Gasteiger partial charge in [-0.25, -0.2) is 0 Å². The lowest BCUT2D eigenvalue weighted by Gasteiger charge is -2.32. The summed E-state index contributed by atoms with van der Waals surface area (Å²) in [7, 11) is 2.24. The molecule has 1 aliphatic heterocycles. The zero-order valence-electron chi connectivity index (χ0n) is 13.8. The molecule has 1 heterocycles.